The van der Waals surface area contributed by atoms with Crippen molar-refractivity contribution in [1.29, 1.82) is 0 Å². The van der Waals surface area contributed by atoms with Crippen LogP contribution in [0.4, 0.5) is 0 Å². The molecule has 1 unspecified atom stereocenters. The summed E-state index contributed by atoms with van der Waals surface area (Å²) < 4.78 is 1.70. The Bertz CT molecular complexity index is 635. The number of thioether (sulfide) groups is 1. The molecule has 0 nitrogen and oxygen atoms in total. The SMILES string of the molecule is CCCCSC1(C(C)(C)C2=[C]([Ti+2])CC=C2)CC=C(C)C=C1C(C)(C)C.[Cl-].[Cl-]. The van der Waals surface area contributed by atoms with Crippen molar-refractivity contribution in [2.75, 3.05) is 5.75 Å². The average molecular weight is 462 g/mol. The van der Waals surface area contributed by atoms with E-state index in [2.05, 4.69) is 105 Å². The van der Waals surface area contributed by atoms with Crippen LogP contribution in [-0.4, -0.2) is 10.5 Å². The summed E-state index contributed by atoms with van der Waals surface area (Å²) in [6.07, 6.45) is 14.6. The molecule has 0 fully saturated rings. The summed E-state index contributed by atoms with van der Waals surface area (Å²) >= 11 is 4.55. The summed E-state index contributed by atoms with van der Waals surface area (Å²) in [6, 6.07) is 0. The number of rotatable bonds is 6. The van der Waals surface area contributed by atoms with Gasteiger partial charge >= 0.3 is 173 Å². The van der Waals surface area contributed by atoms with Crippen LogP contribution in [0.2, 0.25) is 0 Å². The third kappa shape index (κ3) is 5.60. The maximum atomic E-state index is 2.50. The Morgan fingerprint density at radius 3 is 2.26 bits per heavy atom. The maximum absolute atomic E-state index is 2.50. The predicted molar refractivity (Wildman–Crippen MR) is 111 cm³/mol. The Labute approximate surface area is 196 Å². The zero-order chi connectivity index (χ0) is 18.9. The van der Waals surface area contributed by atoms with E-state index in [-0.39, 0.29) is 40.4 Å². The molecule has 2 rings (SSSR count). The molecule has 0 saturated carbocycles. The molecule has 151 valence electrons. The molecule has 27 heavy (non-hydrogen) atoms. The van der Waals surface area contributed by atoms with Crippen LogP contribution in [0.15, 0.2) is 44.9 Å². The zero-order valence-electron chi connectivity index (χ0n) is 18.0. The monoisotopic (exact) mass is 461 g/mol. The summed E-state index contributed by atoms with van der Waals surface area (Å²) in [5, 5.41) is 0. The molecule has 0 aromatic rings. The molecule has 0 saturated heterocycles. The van der Waals surface area contributed by atoms with Gasteiger partial charge in [-0.2, -0.15) is 0 Å². The van der Waals surface area contributed by atoms with Gasteiger partial charge < -0.3 is 24.8 Å². The van der Waals surface area contributed by atoms with Gasteiger partial charge in [-0.3, -0.25) is 0 Å². The van der Waals surface area contributed by atoms with Crippen LogP contribution in [0.1, 0.15) is 74.1 Å². The molecule has 0 spiro atoms. The summed E-state index contributed by atoms with van der Waals surface area (Å²) in [7, 11) is 0. The van der Waals surface area contributed by atoms with Crippen molar-refractivity contribution < 1.29 is 45.2 Å². The fourth-order valence-corrected chi connectivity index (χ4v) is 7.02. The van der Waals surface area contributed by atoms with E-state index < -0.39 is 0 Å². The smallest absolute Gasteiger partial charge is 1.00 e. The minimum absolute atomic E-state index is 0. The number of allylic oxidation sites excluding steroid dienone is 7. The second-order valence-electron chi connectivity index (χ2n) is 9.11. The number of halogens is 2. The molecule has 2 aliphatic carbocycles. The minimum Gasteiger partial charge on any atom is -1.00 e. The summed E-state index contributed by atoms with van der Waals surface area (Å²) in [6.45, 7) is 16.7. The standard InChI is InChI=1S/C23H35S.2ClH.Ti/c1-8-9-16-24-23(22(6,7)19-12-10-11-13-19)15-14-18(2)17-20(23)21(3,4)5;;;/h10,12,14,17H,8-9,11,15-16H2,1-7H3;2*1H;/q;;;+2/p-2. The Morgan fingerprint density at radius 2 is 1.78 bits per heavy atom. The average Bonchev–Trinajstić information content (AvgIpc) is 2.94. The van der Waals surface area contributed by atoms with Gasteiger partial charge in [-0.25, -0.2) is 0 Å². The van der Waals surface area contributed by atoms with Crippen molar-refractivity contribution in [2.45, 2.75) is 78.9 Å². The van der Waals surface area contributed by atoms with Crippen molar-refractivity contribution in [3.8, 4) is 0 Å². The zero-order valence-corrected chi connectivity index (χ0v) is 21.9. The van der Waals surface area contributed by atoms with Crippen molar-refractivity contribution in [1.82, 2.24) is 0 Å². The van der Waals surface area contributed by atoms with E-state index in [9.17, 15) is 0 Å². The molecular weight excluding hydrogens is 427 g/mol. The summed E-state index contributed by atoms with van der Waals surface area (Å²) in [4.78, 5) is 0. The third-order valence-electron chi connectivity index (χ3n) is 5.79. The molecule has 0 aliphatic heterocycles. The van der Waals surface area contributed by atoms with Crippen LogP contribution >= 0.6 is 11.8 Å². The van der Waals surface area contributed by atoms with Gasteiger partial charge in [-0.1, -0.05) is 0 Å². The normalized spacial score (nSPS) is 22.9. The quantitative estimate of drug-likeness (QED) is 0.425. The minimum atomic E-state index is 0. The van der Waals surface area contributed by atoms with Crippen molar-refractivity contribution in [2.24, 2.45) is 10.8 Å². The molecule has 0 aromatic heterocycles. The van der Waals surface area contributed by atoms with Gasteiger partial charge in [-0.05, 0) is 0 Å². The molecule has 0 N–H and O–H groups in total. The van der Waals surface area contributed by atoms with Gasteiger partial charge in [0, 0.05) is 0 Å². The van der Waals surface area contributed by atoms with E-state index in [1.165, 1.54) is 24.2 Å². The van der Waals surface area contributed by atoms with Gasteiger partial charge in [0.25, 0.3) is 0 Å². The molecule has 4 heteroatoms. The number of hydrogen-bond donors (Lipinski definition) is 0. The van der Waals surface area contributed by atoms with Gasteiger partial charge in [-0.15, -0.1) is 0 Å². The van der Waals surface area contributed by atoms with E-state index in [4.69, 9.17) is 0 Å². The van der Waals surface area contributed by atoms with E-state index >= 15 is 0 Å². The van der Waals surface area contributed by atoms with Gasteiger partial charge in [0.05, 0.1) is 0 Å². The second-order valence-corrected chi connectivity index (χ2v) is 11.4. The first-order valence-corrected chi connectivity index (χ1v) is 11.5. The number of unbranched alkanes of at least 4 members (excludes halogenated alkanes) is 1. The van der Waals surface area contributed by atoms with Gasteiger partial charge in [0.15, 0.2) is 0 Å². The molecule has 0 radical (unpaired) electrons. The molecule has 0 bridgehead atoms. The molecular formula is C23H35Cl2STi. The van der Waals surface area contributed by atoms with Crippen LogP contribution < -0.4 is 24.8 Å². The Morgan fingerprint density at radius 1 is 1.15 bits per heavy atom. The molecule has 0 heterocycles. The van der Waals surface area contributed by atoms with E-state index in [1.54, 1.807) is 15.0 Å². The van der Waals surface area contributed by atoms with E-state index in [0.717, 1.165) is 12.8 Å². The van der Waals surface area contributed by atoms with E-state index in [1.807, 2.05) is 0 Å². The summed E-state index contributed by atoms with van der Waals surface area (Å²) in [5.74, 6) is 1.25. The van der Waals surface area contributed by atoms with Crippen LogP contribution in [0.25, 0.3) is 0 Å². The van der Waals surface area contributed by atoms with Crippen molar-refractivity contribution in [3.63, 3.8) is 0 Å². The van der Waals surface area contributed by atoms with Crippen molar-refractivity contribution in [3.05, 3.63) is 44.9 Å². The van der Waals surface area contributed by atoms with Gasteiger partial charge in [0.1, 0.15) is 0 Å². The fraction of sp³-hybridized carbons (Fsp3) is 0.652. The first-order chi connectivity index (χ1) is 11.6. The van der Waals surface area contributed by atoms with Crippen LogP contribution in [-0.2, 0) is 20.4 Å². The van der Waals surface area contributed by atoms with Crippen LogP contribution in [0, 0.1) is 10.8 Å². The van der Waals surface area contributed by atoms with Crippen molar-refractivity contribution >= 4 is 11.8 Å². The topological polar surface area (TPSA) is 0 Å². The first kappa shape index (κ1) is 27.6. The molecule has 0 amide bonds. The van der Waals surface area contributed by atoms with Gasteiger partial charge in [0.2, 0.25) is 0 Å². The summed E-state index contributed by atoms with van der Waals surface area (Å²) in [5.41, 5.74) is 4.94. The van der Waals surface area contributed by atoms with Crippen LogP contribution in [0.3, 0.4) is 0 Å². The van der Waals surface area contributed by atoms with E-state index in [0.29, 0.717) is 0 Å². The second kappa shape index (κ2) is 10.6. The Hall–Kier alpha value is 0.604. The van der Waals surface area contributed by atoms with Crippen LogP contribution in [0.5, 0.6) is 0 Å². The Balaban J connectivity index is 0.00000338. The first-order valence-electron chi connectivity index (χ1n) is 9.71. The molecule has 1 atom stereocenters. The number of hydrogen-bond acceptors (Lipinski definition) is 1. The fourth-order valence-electron chi connectivity index (χ4n) is 4.25. The maximum Gasteiger partial charge on any atom is -1.00 e. The molecule has 2 aliphatic rings. The third-order valence-corrected chi connectivity index (χ3v) is 8.41. The predicted octanol–water partition coefficient (Wildman–Crippen LogP) is 1.38. The Kier molecular flexibility index (Phi) is 10.8. The largest absolute Gasteiger partial charge is 1.00 e. The molecule has 0 aromatic carbocycles.